The van der Waals surface area contributed by atoms with Crippen LogP contribution in [0, 0.1) is 5.92 Å². The molecule has 0 aliphatic heterocycles. The first-order chi connectivity index (χ1) is 6.31. The lowest BCUT2D eigenvalue weighted by molar-refractivity contribution is 0.236. The summed E-state index contributed by atoms with van der Waals surface area (Å²) < 4.78 is 24.9. The summed E-state index contributed by atoms with van der Waals surface area (Å²) >= 11 is 0. The Balaban J connectivity index is 4.63. The van der Waals surface area contributed by atoms with E-state index in [4.69, 9.17) is 5.11 Å². The number of hydrogen-bond acceptors (Lipinski definition) is 3. The van der Waals surface area contributed by atoms with Gasteiger partial charge in [0.15, 0.2) is 0 Å². The summed E-state index contributed by atoms with van der Waals surface area (Å²) in [6.45, 7) is 7.42. The molecule has 0 aromatic heterocycles. The fourth-order valence-electron chi connectivity index (χ4n) is 1.33. The van der Waals surface area contributed by atoms with Gasteiger partial charge in [-0.2, -0.15) is 4.31 Å². The van der Waals surface area contributed by atoms with Crippen LogP contribution >= 0.6 is 0 Å². The molecule has 0 unspecified atom stereocenters. The monoisotopic (exact) mass is 223 g/mol. The number of nitrogens with zero attached hydrogens (tertiary/aromatic N) is 1. The molecule has 0 rings (SSSR count). The Morgan fingerprint density at radius 3 is 2.00 bits per heavy atom. The van der Waals surface area contributed by atoms with E-state index in [1.54, 1.807) is 0 Å². The topological polar surface area (TPSA) is 57.6 Å². The highest BCUT2D eigenvalue weighted by atomic mass is 32.2. The van der Waals surface area contributed by atoms with E-state index >= 15 is 0 Å². The Morgan fingerprint density at radius 1 is 1.21 bits per heavy atom. The summed E-state index contributed by atoms with van der Waals surface area (Å²) in [5, 5.41) is 8.78. The maximum Gasteiger partial charge on any atom is 0.214 e. The van der Waals surface area contributed by atoms with Crippen LogP contribution in [0.25, 0.3) is 0 Å². The molecule has 0 spiro atoms. The fourth-order valence-corrected chi connectivity index (χ4v) is 3.37. The first-order valence-corrected chi connectivity index (χ1v) is 6.52. The summed E-state index contributed by atoms with van der Waals surface area (Å²) in [7, 11) is -3.21. The van der Waals surface area contributed by atoms with E-state index in [2.05, 4.69) is 0 Å². The zero-order valence-electron chi connectivity index (χ0n) is 9.40. The van der Waals surface area contributed by atoms with Crippen LogP contribution < -0.4 is 0 Å². The number of aliphatic hydroxyl groups excluding tert-OH is 1. The van der Waals surface area contributed by atoms with Crippen LogP contribution in [0.3, 0.4) is 0 Å². The third kappa shape index (κ3) is 4.39. The lowest BCUT2D eigenvalue weighted by Crippen LogP contribution is -2.41. The quantitative estimate of drug-likeness (QED) is 0.720. The second-order valence-corrected chi connectivity index (χ2v) is 6.07. The molecule has 4 nitrogen and oxygen atoms in total. The van der Waals surface area contributed by atoms with Crippen molar-refractivity contribution in [2.45, 2.75) is 33.7 Å². The van der Waals surface area contributed by atoms with E-state index in [9.17, 15) is 8.42 Å². The minimum absolute atomic E-state index is 0.0918. The molecule has 0 amide bonds. The average Bonchev–Trinajstić information content (AvgIpc) is 1.96. The molecule has 0 aromatic carbocycles. The van der Waals surface area contributed by atoms with Gasteiger partial charge in [-0.1, -0.05) is 13.8 Å². The largest absolute Gasteiger partial charge is 0.395 e. The van der Waals surface area contributed by atoms with Gasteiger partial charge in [0.25, 0.3) is 0 Å². The smallest absolute Gasteiger partial charge is 0.214 e. The maximum absolute atomic E-state index is 11.8. The van der Waals surface area contributed by atoms with E-state index in [0.29, 0.717) is 0 Å². The summed E-state index contributed by atoms with van der Waals surface area (Å²) in [6.07, 6.45) is 0. The Kier molecular flexibility index (Phi) is 5.63. The van der Waals surface area contributed by atoms with Crippen LogP contribution in [0.4, 0.5) is 0 Å². The lowest BCUT2D eigenvalue weighted by Gasteiger charge is -2.25. The molecule has 0 saturated carbocycles. The van der Waals surface area contributed by atoms with Crippen molar-refractivity contribution in [1.29, 1.82) is 0 Å². The van der Waals surface area contributed by atoms with Crippen LogP contribution in [0.15, 0.2) is 0 Å². The van der Waals surface area contributed by atoms with E-state index in [0.717, 1.165) is 0 Å². The summed E-state index contributed by atoms with van der Waals surface area (Å²) in [6, 6.07) is -0.0918. The predicted octanol–water partition coefficient (Wildman–Crippen LogP) is 0.675. The maximum atomic E-state index is 11.8. The van der Waals surface area contributed by atoms with Crippen molar-refractivity contribution in [3.05, 3.63) is 0 Å². The average molecular weight is 223 g/mol. The van der Waals surface area contributed by atoms with Crippen molar-refractivity contribution in [2.24, 2.45) is 5.92 Å². The first kappa shape index (κ1) is 13.9. The fraction of sp³-hybridized carbons (Fsp3) is 1.00. The van der Waals surface area contributed by atoms with Gasteiger partial charge in [0.2, 0.25) is 10.0 Å². The highest BCUT2D eigenvalue weighted by Gasteiger charge is 2.24. The molecule has 5 heteroatoms. The van der Waals surface area contributed by atoms with E-state index in [-0.39, 0.29) is 30.9 Å². The van der Waals surface area contributed by atoms with Crippen molar-refractivity contribution in [1.82, 2.24) is 4.31 Å². The van der Waals surface area contributed by atoms with Gasteiger partial charge in [-0.3, -0.25) is 0 Å². The SMILES string of the molecule is CC(C)CS(=O)(=O)N(CCO)C(C)C. The predicted molar refractivity (Wildman–Crippen MR) is 57.6 cm³/mol. The molecular formula is C9H21NO3S. The number of hydrogen-bond donors (Lipinski definition) is 1. The van der Waals surface area contributed by atoms with Crippen LogP contribution in [0.5, 0.6) is 0 Å². The van der Waals surface area contributed by atoms with Crippen molar-refractivity contribution in [3.8, 4) is 0 Å². The molecule has 0 fully saturated rings. The standard InChI is InChI=1S/C9H21NO3S/c1-8(2)7-14(12,13)10(5-6-11)9(3)4/h8-9,11H,5-7H2,1-4H3. The Labute approximate surface area is 87.0 Å². The number of rotatable bonds is 6. The molecule has 86 valence electrons. The van der Waals surface area contributed by atoms with Crippen LogP contribution in [-0.4, -0.2) is 42.8 Å². The summed E-state index contributed by atoms with van der Waals surface area (Å²) in [5.74, 6) is 0.255. The zero-order chi connectivity index (χ0) is 11.4. The molecule has 0 heterocycles. The molecule has 0 aliphatic rings. The minimum Gasteiger partial charge on any atom is -0.395 e. The minimum atomic E-state index is -3.21. The molecule has 0 atom stereocenters. The van der Waals surface area contributed by atoms with Gasteiger partial charge in [0.1, 0.15) is 0 Å². The number of aliphatic hydroxyl groups is 1. The highest BCUT2D eigenvalue weighted by Crippen LogP contribution is 2.10. The first-order valence-electron chi connectivity index (χ1n) is 4.91. The van der Waals surface area contributed by atoms with Gasteiger partial charge in [-0.25, -0.2) is 8.42 Å². The van der Waals surface area contributed by atoms with Gasteiger partial charge in [-0.05, 0) is 19.8 Å². The van der Waals surface area contributed by atoms with Crippen LogP contribution in [0.1, 0.15) is 27.7 Å². The Hall–Kier alpha value is -0.130. The molecule has 0 saturated heterocycles. The second-order valence-electron chi connectivity index (χ2n) is 4.10. The van der Waals surface area contributed by atoms with E-state index in [1.807, 2.05) is 27.7 Å². The van der Waals surface area contributed by atoms with Gasteiger partial charge in [0.05, 0.1) is 12.4 Å². The number of sulfonamides is 1. The lowest BCUT2D eigenvalue weighted by atomic mass is 10.3. The zero-order valence-corrected chi connectivity index (χ0v) is 10.2. The Morgan fingerprint density at radius 2 is 1.71 bits per heavy atom. The normalized spacial score (nSPS) is 13.1. The van der Waals surface area contributed by atoms with Crippen molar-refractivity contribution < 1.29 is 13.5 Å². The van der Waals surface area contributed by atoms with Gasteiger partial charge < -0.3 is 5.11 Å². The molecule has 0 aromatic rings. The van der Waals surface area contributed by atoms with Crippen LogP contribution in [-0.2, 0) is 10.0 Å². The molecule has 0 radical (unpaired) electrons. The van der Waals surface area contributed by atoms with Gasteiger partial charge in [0, 0.05) is 12.6 Å². The van der Waals surface area contributed by atoms with Crippen molar-refractivity contribution >= 4 is 10.0 Å². The molecule has 14 heavy (non-hydrogen) atoms. The molecule has 0 aliphatic carbocycles. The third-order valence-electron chi connectivity index (χ3n) is 1.80. The molecular weight excluding hydrogens is 202 g/mol. The third-order valence-corrected chi connectivity index (χ3v) is 4.20. The summed E-state index contributed by atoms with van der Waals surface area (Å²) in [4.78, 5) is 0. The highest BCUT2D eigenvalue weighted by molar-refractivity contribution is 7.89. The van der Waals surface area contributed by atoms with E-state index < -0.39 is 10.0 Å². The van der Waals surface area contributed by atoms with Gasteiger partial charge in [-0.15, -0.1) is 0 Å². The van der Waals surface area contributed by atoms with Gasteiger partial charge >= 0.3 is 0 Å². The van der Waals surface area contributed by atoms with E-state index in [1.165, 1.54) is 4.31 Å². The molecule has 1 N–H and O–H groups in total. The van der Waals surface area contributed by atoms with Crippen molar-refractivity contribution in [2.75, 3.05) is 18.9 Å². The second kappa shape index (κ2) is 5.68. The summed E-state index contributed by atoms with van der Waals surface area (Å²) in [5.41, 5.74) is 0. The molecule has 0 bridgehead atoms. The van der Waals surface area contributed by atoms with Crippen LogP contribution in [0.2, 0.25) is 0 Å². The Bertz CT molecular complexity index is 247. The van der Waals surface area contributed by atoms with Crippen molar-refractivity contribution in [3.63, 3.8) is 0 Å².